The van der Waals surface area contributed by atoms with Crippen molar-refractivity contribution in [3.63, 3.8) is 0 Å². The molecule has 0 bridgehead atoms. The van der Waals surface area contributed by atoms with Crippen LogP contribution >= 0.6 is 24.0 Å². The van der Waals surface area contributed by atoms with E-state index in [1.165, 1.54) is 19.3 Å². The minimum atomic E-state index is -0.0349. The fourth-order valence-corrected chi connectivity index (χ4v) is 3.69. The van der Waals surface area contributed by atoms with Crippen molar-refractivity contribution >= 4 is 35.8 Å². The average molecular weight is 472 g/mol. The van der Waals surface area contributed by atoms with E-state index in [1.807, 2.05) is 37.4 Å². The minimum absolute atomic E-state index is 0. The lowest BCUT2D eigenvalue weighted by Gasteiger charge is -2.24. The fourth-order valence-electron chi connectivity index (χ4n) is 3.69. The van der Waals surface area contributed by atoms with Crippen LogP contribution < -0.4 is 10.6 Å². The van der Waals surface area contributed by atoms with Gasteiger partial charge in [-0.1, -0.05) is 44.9 Å². The van der Waals surface area contributed by atoms with E-state index in [-0.39, 0.29) is 29.9 Å². The van der Waals surface area contributed by atoms with Gasteiger partial charge in [-0.2, -0.15) is 0 Å². The molecule has 5 nitrogen and oxygen atoms in total. The second-order valence-corrected chi connectivity index (χ2v) is 6.67. The largest absolute Gasteiger partial charge is 0.354 e. The molecule has 1 unspecified atom stereocenters. The van der Waals surface area contributed by atoms with E-state index in [9.17, 15) is 4.79 Å². The number of carbonyl (C=O) groups is 1. The van der Waals surface area contributed by atoms with Crippen molar-refractivity contribution in [2.75, 3.05) is 33.2 Å². The number of halogens is 1. The van der Waals surface area contributed by atoms with Crippen LogP contribution in [0.1, 0.15) is 43.5 Å². The summed E-state index contributed by atoms with van der Waals surface area (Å²) in [5.74, 6) is 2.49. The van der Waals surface area contributed by atoms with Gasteiger partial charge in [-0.15, -0.1) is 24.0 Å². The van der Waals surface area contributed by atoms with Gasteiger partial charge in [-0.25, -0.2) is 0 Å². The number of benzene rings is 1. The van der Waals surface area contributed by atoms with E-state index in [0.717, 1.165) is 30.9 Å². The first-order valence-electron chi connectivity index (χ1n) is 9.48. The van der Waals surface area contributed by atoms with Gasteiger partial charge in [0.25, 0.3) is 5.91 Å². The van der Waals surface area contributed by atoms with E-state index in [0.29, 0.717) is 18.7 Å². The molecule has 0 saturated carbocycles. The highest BCUT2D eigenvalue weighted by molar-refractivity contribution is 14.0. The lowest BCUT2D eigenvalue weighted by molar-refractivity contribution is 0.0954. The number of hydrogen-bond acceptors (Lipinski definition) is 2. The molecule has 0 spiro atoms. The Kier molecular flexibility index (Phi) is 10.6. The molecule has 1 aliphatic rings. The quantitative estimate of drug-likeness (QED) is 0.277. The van der Waals surface area contributed by atoms with Crippen molar-refractivity contribution in [2.24, 2.45) is 16.8 Å². The minimum Gasteiger partial charge on any atom is -0.354 e. The molecule has 2 N–H and O–H groups in total. The number of aliphatic imine (C=N–C) groups is 1. The molecule has 26 heavy (non-hydrogen) atoms. The smallest absolute Gasteiger partial charge is 0.251 e. The van der Waals surface area contributed by atoms with Crippen LogP contribution in [0.25, 0.3) is 0 Å². The van der Waals surface area contributed by atoms with Gasteiger partial charge >= 0.3 is 0 Å². The van der Waals surface area contributed by atoms with Crippen LogP contribution in [-0.2, 0) is 0 Å². The second kappa shape index (κ2) is 12.1. The third-order valence-corrected chi connectivity index (χ3v) is 5.18. The summed E-state index contributed by atoms with van der Waals surface area (Å²) < 4.78 is 0. The number of likely N-dealkylation sites (tertiary alicyclic amines) is 1. The van der Waals surface area contributed by atoms with E-state index in [1.54, 1.807) is 0 Å². The molecule has 0 radical (unpaired) electrons. The molecule has 0 aliphatic carbocycles. The van der Waals surface area contributed by atoms with Gasteiger partial charge in [0, 0.05) is 38.8 Å². The van der Waals surface area contributed by atoms with Gasteiger partial charge < -0.3 is 15.5 Å². The average Bonchev–Trinajstić information content (AvgIpc) is 3.13. The zero-order valence-electron chi connectivity index (χ0n) is 16.2. The Morgan fingerprint density at radius 3 is 2.46 bits per heavy atom. The molecule has 1 saturated heterocycles. The monoisotopic (exact) mass is 472 g/mol. The van der Waals surface area contributed by atoms with Crippen LogP contribution in [0.15, 0.2) is 35.3 Å². The Morgan fingerprint density at radius 1 is 1.19 bits per heavy atom. The van der Waals surface area contributed by atoms with Crippen LogP contribution in [0.5, 0.6) is 0 Å². The van der Waals surface area contributed by atoms with Crippen molar-refractivity contribution < 1.29 is 4.79 Å². The summed E-state index contributed by atoms with van der Waals surface area (Å²) in [6, 6.07) is 9.30. The fraction of sp³-hybridized carbons (Fsp3) is 0.600. The van der Waals surface area contributed by atoms with Crippen molar-refractivity contribution in [1.29, 1.82) is 0 Å². The number of nitrogens with zero attached hydrogens (tertiary/aromatic N) is 2. The first kappa shape index (κ1) is 22.7. The highest BCUT2D eigenvalue weighted by Crippen LogP contribution is 2.28. The predicted octanol–water partition coefficient (Wildman–Crippen LogP) is 3.37. The summed E-state index contributed by atoms with van der Waals surface area (Å²) in [4.78, 5) is 18.8. The van der Waals surface area contributed by atoms with Crippen molar-refractivity contribution in [1.82, 2.24) is 15.5 Å². The maximum absolute atomic E-state index is 12.0. The molecule has 146 valence electrons. The van der Waals surface area contributed by atoms with Crippen molar-refractivity contribution in [3.05, 3.63) is 35.9 Å². The summed E-state index contributed by atoms with van der Waals surface area (Å²) in [5, 5.41) is 6.31. The van der Waals surface area contributed by atoms with Gasteiger partial charge in [0.2, 0.25) is 0 Å². The molecule has 6 heteroatoms. The topological polar surface area (TPSA) is 56.7 Å². The Hall–Kier alpha value is -1.31. The molecule has 2 rings (SSSR count). The van der Waals surface area contributed by atoms with Gasteiger partial charge in [0.1, 0.15) is 0 Å². The number of amides is 1. The lowest BCUT2D eigenvalue weighted by Crippen LogP contribution is -2.43. The molecule has 1 aliphatic heterocycles. The number of nitrogens with one attached hydrogen (secondary N) is 2. The first-order chi connectivity index (χ1) is 12.2. The standard InChI is InChI=1S/C20H32N4O.HI/c1-4-16(5-2)18-11-14-24(15-18)20(21-3)23-13-12-22-19(25)17-9-7-6-8-10-17;/h6-10,16,18H,4-5,11-15H2,1-3H3,(H,21,23)(H,22,25);1H. The molecule has 0 aromatic heterocycles. The maximum Gasteiger partial charge on any atom is 0.251 e. The van der Waals surface area contributed by atoms with Crippen molar-refractivity contribution in [2.45, 2.75) is 33.1 Å². The molecule has 1 heterocycles. The summed E-state index contributed by atoms with van der Waals surface area (Å²) in [6.07, 6.45) is 3.76. The van der Waals surface area contributed by atoms with Gasteiger partial charge in [0.05, 0.1) is 0 Å². The molecule has 1 fully saturated rings. The zero-order valence-corrected chi connectivity index (χ0v) is 18.5. The summed E-state index contributed by atoms with van der Waals surface area (Å²) >= 11 is 0. The number of hydrogen-bond donors (Lipinski definition) is 2. The molecular weight excluding hydrogens is 439 g/mol. The Morgan fingerprint density at radius 2 is 1.85 bits per heavy atom. The van der Waals surface area contributed by atoms with Gasteiger partial charge in [-0.3, -0.25) is 9.79 Å². The van der Waals surface area contributed by atoms with Gasteiger partial charge in [0.15, 0.2) is 5.96 Å². The van der Waals surface area contributed by atoms with Crippen LogP contribution in [-0.4, -0.2) is 50.0 Å². The van der Waals surface area contributed by atoms with Crippen LogP contribution in [0, 0.1) is 11.8 Å². The Bertz CT molecular complexity index is 560. The summed E-state index contributed by atoms with van der Waals surface area (Å²) in [7, 11) is 1.83. The van der Waals surface area contributed by atoms with Crippen molar-refractivity contribution in [3.8, 4) is 0 Å². The lowest BCUT2D eigenvalue weighted by atomic mass is 9.87. The second-order valence-electron chi connectivity index (χ2n) is 6.67. The predicted molar refractivity (Wildman–Crippen MR) is 119 cm³/mol. The highest BCUT2D eigenvalue weighted by Gasteiger charge is 2.29. The molecule has 1 aromatic carbocycles. The zero-order chi connectivity index (χ0) is 18.1. The van der Waals surface area contributed by atoms with E-state index >= 15 is 0 Å². The van der Waals surface area contributed by atoms with E-state index < -0.39 is 0 Å². The van der Waals surface area contributed by atoms with Crippen LogP contribution in [0.4, 0.5) is 0 Å². The van der Waals surface area contributed by atoms with E-state index in [4.69, 9.17) is 0 Å². The summed E-state index contributed by atoms with van der Waals surface area (Å²) in [6.45, 7) is 7.99. The molecule has 1 atom stereocenters. The SMILES string of the molecule is CCC(CC)C1CCN(C(=NC)NCCNC(=O)c2ccccc2)C1.I. The third-order valence-electron chi connectivity index (χ3n) is 5.18. The molecular formula is C20H33IN4O. The normalized spacial score (nSPS) is 17.2. The Labute approximate surface area is 175 Å². The maximum atomic E-state index is 12.0. The number of carbonyl (C=O) groups excluding carboxylic acids is 1. The molecule has 1 amide bonds. The van der Waals surface area contributed by atoms with Crippen LogP contribution in [0.2, 0.25) is 0 Å². The number of rotatable bonds is 7. The van der Waals surface area contributed by atoms with Crippen LogP contribution in [0.3, 0.4) is 0 Å². The Balaban J connectivity index is 0.00000338. The highest BCUT2D eigenvalue weighted by atomic mass is 127. The molecule has 1 aromatic rings. The summed E-state index contributed by atoms with van der Waals surface area (Å²) in [5.41, 5.74) is 0.694. The first-order valence-corrected chi connectivity index (χ1v) is 9.48. The van der Waals surface area contributed by atoms with Gasteiger partial charge in [-0.05, 0) is 30.4 Å². The van der Waals surface area contributed by atoms with E-state index in [2.05, 4.69) is 34.4 Å². The number of guanidine groups is 1. The third kappa shape index (κ3) is 6.45.